The molecule has 2 aromatic heterocycles. The highest BCUT2D eigenvalue weighted by atomic mass is 32.2. The molecule has 0 atom stereocenters. The van der Waals surface area contributed by atoms with E-state index in [-0.39, 0.29) is 16.8 Å². The van der Waals surface area contributed by atoms with Crippen LogP contribution in [0, 0.1) is 13.8 Å². The lowest BCUT2D eigenvalue weighted by Crippen LogP contribution is -2.35. The molecular formula is C23H29N5O3S. The van der Waals surface area contributed by atoms with Gasteiger partial charge in [0.25, 0.3) is 5.91 Å². The highest BCUT2D eigenvalue weighted by Crippen LogP contribution is 2.26. The van der Waals surface area contributed by atoms with E-state index in [0.29, 0.717) is 30.0 Å². The average molecular weight is 456 g/mol. The lowest BCUT2D eigenvalue weighted by Gasteiger charge is -2.26. The summed E-state index contributed by atoms with van der Waals surface area (Å²) in [5.41, 5.74) is 3.03. The predicted octanol–water partition coefficient (Wildman–Crippen LogP) is 4.06. The van der Waals surface area contributed by atoms with Crippen LogP contribution in [-0.4, -0.2) is 46.5 Å². The smallest absolute Gasteiger partial charge is 0.257 e. The maximum absolute atomic E-state index is 13.1. The molecule has 0 unspecified atom stereocenters. The van der Waals surface area contributed by atoms with Gasteiger partial charge in [-0.3, -0.25) is 4.79 Å². The normalized spacial score (nSPS) is 15.4. The number of piperidine rings is 1. The van der Waals surface area contributed by atoms with Crippen LogP contribution in [0.15, 0.2) is 35.4 Å². The van der Waals surface area contributed by atoms with Crippen molar-refractivity contribution in [3.05, 3.63) is 47.3 Å². The van der Waals surface area contributed by atoms with Crippen molar-refractivity contribution in [3.63, 3.8) is 0 Å². The maximum atomic E-state index is 13.1. The molecule has 170 valence electrons. The van der Waals surface area contributed by atoms with Gasteiger partial charge in [0.2, 0.25) is 10.0 Å². The molecule has 9 heteroatoms. The highest BCUT2D eigenvalue weighted by Gasteiger charge is 2.26. The number of pyridine rings is 1. The van der Waals surface area contributed by atoms with Gasteiger partial charge in [-0.2, -0.15) is 9.40 Å². The topological polar surface area (TPSA) is 97.2 Å². The Morgan fingerprint density at radius 3 is 2.50 bits per heavy atom. The molecule has 1 aliphatic rings. The van der Waals surface area contributed by atoms with Crippen LogP contribution in [0.1, 0.15) is 60.8 Å². The third-order valence-electron chi connectivity index (χ3n) is 5.90. The third-order valence-corrected chi connectivity index (χ3v) is 7.80. The number of aromatic nitrogens is 3. The third kappa shape index (κ3) is 4.14. The number of carbonyl (C=O) groups excluding carboxylic acids is 1. The second-order valence-electron chi connectivity index (χ2n) is 8.61. The number of nitrogens with one attached hydrogen (secondary N) is 1. The number of rotatable bonds is 5. The summed E-state index contributed by atoms with van der Waals surface area (Å²) in [5, 5.41) is 8.04. The van der Waals surface area contributed by atoms with Crippen LogP contribution < -0.4 is 5.32 Å². The number of benzene rings is 1. The van der Waals surface area contributed by atoms with Gasteiger partial charge in [0.05, 0.1) is 22.3 Å². The number of hydrogen-bond acceptors (Lipinski definition) is 5. The molecule has 8 nitrogen and oxygen atoms in total. The number of aryl methyl sites for hydroxylation is 2. The van der Waals surface area contributed by atoms with Crippen LogP contribution >= 0.6 is 0 Å². The first-order valence-corrected chi connectivity index (χ1v) is 12.4. The van der Waals surface area contributed by atoms with E-state index in [1.165, 1.54) is 4.31 Å². The van der Waals surface area contributed by atoms with Gasteiger partial charge >= 0.3 is 0 Å². The van der Waals surface area contributed by atoms with Crippen molar-refractivity contribution in [1.82, 2.24) is 19.1 Å². The Kier molecular flexibility index (Phi) is 6.05. The van der Waals surface area contributed by atoms with Gasteiger partial charge in [-0.15, -0.1) is 0 Å². The number of amides is 1. The number of sulfonamides is 1. The molecule has 1 amide bonds. The first-order chi connectivity index (χ1) is 15.2. The highest BCUT2D eigenvalue weighted by molar-refractivity contribution is 7.89. The Bertz CT molecular complexity index is 1270. The molecule has 1 fully saturated rings. The molecular weight excluding hydrogens is 426 g/mol. The molecule has 0 spiro atoms. The Morgan fingerprint density at radius 1 is 1.09 bits per heavy atom. The molecule has 1 aromatic carbocycles. The fourth-order valence-corrected chi connectivity index (χ4v) is 5.56. The molecule has 0 aliphatic carbocycles. The summed E-state index contributed by atoms with van der Waals surface area (Å²) in [5.74, 6) is -0.329. The largest absolute Gasteiger partial charge is 0.322 e. The van der Waals surface area contributed by atoms with E-state index >= 15 is 0 Å². The van der Waals surface area contributed by atoms with Gasteiger partial charge in [0, 0.05) is 30.2 Å². The number of carbonyl (C=O) groups is 1. The van der Waals surface area contributed by atoms with Gasteiger partial charge in [0.1, 0.15) is 0 Å². The summed E-state index contributed by atoms with van der Waals surface area (Å²) < 4.78 is 29.5. The van der Waals surface area contributed by atoms with E-state index in [9.17, 15) is 13.2 Å². The molecule has 1 saturated heterocycles. The molecule has 1 aliphatic heterocycles. The van der Waals surface area contributed by atoms with E-state index in [1.807, 2.05) is 25.5 Å². The van der Waals surface area contributed by atoms with Crippen molar-refractivity contribution in [1.29, 1.82) is 0 Å². The van der Waals surface area contributed by atoms with Crippen LogP contribution in [0.3, 0.4) is 0 Å². The van der Waals surface area contributed by atoms with Crippen molar-refractivity contribution < 1.29 is 13.2 Å². The molecule has 0 radical (unpaired) electrons. The first kappa shape index (κ1) is 22.4. The Hall–Kier alpha value is -2.78. The standard InChI is InChI=1S/C23H29N5O3S/c1-15(2)28-22-18(14-24-28)12-20(17(4)25-22)23(29)26-21-13-19(9-8-16(21)3)32(30,31)27-10-6-5-7-11-27/h8-9,12-15H,5-7,10-11H2,1-4H3,(H,26,29). The zero-order valence-electron chi connectivity index (χ0n) is 18.9. The van der Waals surface area contributed by atoms with Crippen molar-refractivity contribution in [2.75, 3.05) is 18.4 Å². The zero-order chi connectivity index (χ0) is 23.0. The van der Waals surface area contributed by atoms with Gasteiger partial charge in [-0.05, 0) is 64.3 Å². The minimum atomic E-state index is -3.59. The second-order valence-corrected chi connectivity index (χ2v) is 10.6. The molecule has 0 bridgehead atoms. The van der Waals surface area contributed by atoms with Crippen molar-refractivity contribution >= 4 is 32.7 Å². The lowest BCUT2D eigenvalue weighted by molar-refractivity contribution is 0.102. The monoisotopic (exact) mass is 455 g/mol. The Balaban J connectivity index is 1.63. The summed E-state index contributed by atoms with van der Waals surface area (Å²) in [6.45, 7) is 8.75. The lowest BCUT2D eigenvalue weighted by atomic mass is 10.1. The summed E-state index contributed by atoms with van der Waals surface area (Å²) in [6, 6.07) is 6.82. The zero-order valence-corrected chi connectivity index (χ0v) is 19.7. The Labute approximate surface area is 188 Å². The van der Waals surface area contributed by atoms with Crippen LogP contribution in [0.5, 0.6) is 0 Å². The van der Waals surface area contributed by atoms with E-state index < -0.39 is 10.0 Å². The summed E-state index contributed by atoms with van der Waals surface area (Å²) >= 11 is 0. The fourth-order valence-electron chi connectivity index (χ4n) is 4.01. The minimum Gasteiger partial charge on any atom is -0.322 e. The molecule has 3 aromatic rings. The SMILES string of the molecule is Cc1ccc(S(=O)(=O)N2CCCCC2)cc1NC(=O)c1cc2cnn(C(C)C)c2nc1C. The summed E-state index contributed by atoms with van der Waals surface area (Å²) in [6.07, 6.45) is 4.50. The molecule has 4 rings (SSSR count). The maximum Gasteiger partial charge on any atom is 0.257 e. The summed E-state index contributed by atoms with van der Waals surface area (Å²) in [4.78, 5) is 17.9. The van der Waals surface area contributed by atoms with E-state index in [2.05, 4.69) is 15.4 Å². The van der Waals surface area contributed by atoms with Crippen molar-refractivity contribution in [2.45, 2.75) is 57.9 Å². The molecule has 0 saturated carbocycles. The van der Waals surface area contributed by atoms with Gasteiger partial charge < -0.3 is 5.32 Å². The van der Waals surface area contributed by atoms with E-state index in [4.69, 9.17) is 0 Å². The molecule has 32 heavy (non-hydrogen) atoms. The van der Waals surface area contributed by atoms with Crippen LogP contribution in [0.2, 0.25) is 0 Å². The second kappa shape index (κ2) is 8.63. The van der Waals surface area contributed by atoms with Gasteiger partial charge in [-0.25, -0.2) is 18.1 Å². The van der Waals surface area contributed by atoms with Crippen molar-refractivity contribution in [2.24, 2.45) is 0 Å². The summed E-state index contributed by atoms with van der Waals surface area (Å²) in [7, 11) is -3.59. The quantitative estimate of drug-likeness (QED) is 0.626. The van der Waals surface area contributed by atoms with Gasteiger partial charge in [0.15, 0.2) is 5.65 Å². The molecule has 1 N–H and O–H groups in total. The number of anilines is 1. The minimum absolute atomic E-state index is 0.159. The van der Waals surface area contributed by atoms with Crippen molar-refractivity contribution in [3.8, 4) is 0 Å². The first-order valence-electron chi connectivity index (χ1n) is 11.0. The predicted molar refractivity (Wildman–Crippen MR) is 124 cm³/mol. The number of hydrogen-bond donors (Lipinski definition) is 1. The fraction of sp³-hybridized carbons (Fsp3) is 0.435. The Morgan fingerprint density at radius 2 is 1.81 bits per heavy atom. The van der Waals surface area contributed by atoms with E-state index in [1.54, 1.807) is 37.4 Å². The van der Waals surface area contributed by atoms with Crippen LogP contribution in [0.25, 0.3) is 11.0 Å². The van der Waals surface area contributed by atoms with E-state index in [0.717, 1.165) is 35.9 Å². The van der Waals surface area contributed by atoms with Gasteiger partial charge in [-0.1, -0.05) is 12.5 Å². The average Bonchev–Trinajstić information content (AvgIpc) is 3.18. The number of nitrogens with zero attached hydrogens (tertiary/aromatic N) is 4. The number of fused-ring (bicyclic) bond motifs is 1. The van der Waals surface area contributed by atoms with Crippen LogP contribution in [-0.2, 0) is 10.0 Å². The van der Waals surface area contributed by atoms with Crippen LogP contribution in [0.4, 0.5) is 5.69 Å². The molecule has 3 heterocycles.